The summed E-state index contributed by atoms with van der Waals surface area (Å²) in [6, 6.07) is 0. The lowest BCUT2D eigenvalue weighted by molar-refractivity contribution is -0.286. The van der Waals surface area contributed by atoms with Crippen molar-refractivity contribution in [2.45, 2.75) is 71.7 Å². The minimum absolute atomic E-state index is 0.0148. The van der Waals surface area contributed by atoms with Crippen LogP contribution in [0.1, 0.15) is 59.8 Å². The number of esters is 1. The van der Waals surface area contributed by atoms with E-state index >= 15 is 0 Å². The Hall–Kier alpha value is -0.910. The van der Waals surface area contributed by atoms with Crippen molar-refractivity contribution in [3.05, 3.63) is 11.6 Å². The van der Waals surface area contributed by atoms with Gasteiger partial charge < -0.3 is 19.3 Å². The van der Waals surface area contributed by atoms with Crippen LogP contribution in [-0.2, 0) is 19.0 Å². The molecule has 5 atom stereocenters. The van der Waals surface area contributed by atoms with Crippen molar-refractivity contribution >= 4 is 5.97 Å². The summed E-state index contributed by atoms with van der Waals surface area (Å²) in [5.74, 6) is -0.832. The SMILES string of the molecule is COC(=O)[C@H]1CC=C2[C@@](C)(CC[C@H]3C(C)(C)C4(CC[C@]23C)OCCO4)[C@H]1O. The molecular formula is C22H34O5. The van der Waals surface area contributed by atoms with Gasteiger partial charge in [0.05, 0.1) is 32.3 Å². The second kappa shape index (κ2) is 6.04. The molecule has 0 unspecified atom stereocenters. The van der Waals surface area contributed by atoms with Crippen LogP contribution in [0.3, 0.4) is 0 Å². The van der Waals surface area contributed by atoms with Gasteiger partial charge in [-0.05, 0) is 37.0 Å². The molecule has 0 bridgehead atoms. The lowest BCUT2D eigenvalue weighted by Crippen LogP contribution is -2.63. The van der Waals surface area contributed by atoms with Gasteiger partial charge in [-0.15, -0.1) is 0 Å². The Morgan fingerprint density at radius 2 is 1.78 bits per heavy atom. The molecule has 3 fully saturated rings. The topological polar surface area (TPSA) is 65.0 Å². The molecule has 5 heteroatoms. The predicted octanol–water partition coefficient (Wildman–Crippen LogP) is 3.45. The number of allylic oxidation sites excluding steroid dienone is 1. The van der Waals surface area contributed by atoms with E-state index in [2.05, 4.69) is 33.8 Å². The fourth-order valence-corrected chi connectivity index (χ4v) is 7.15. The first-order chi connectivity index (χ1) is 12.6. The first-order valence-electron chi connectivity index (χ1n) is 10.4. The molecule has 4 aliphatic rings. The number of aliphatic hydroxyl groups is 1. The number of methoxy groups -OCH3 is 1. The highest BCUT2D eigenvalue weighted by Gasteiger charge is 2.67. The fourth-order valence-electron chi connectivity index (χ4n) is 7.15. The molecule has 2 saturated carbocycles. The molecule has 1 N–H and O–H groups in total. The van der Waals surface area contributed by atoms with Crippen LogP contribution in [0.4, 0.5) is 0 Å². The number of ether oxygens (including phenoxy) is 3. The smallest absolute Gasteiger partial charge is 0.311 e. The quantitative estimate of drug-likeness (QED) is 0.559. The normalized spacial score (nSPS) is 45.0. The largest absolute Gasteiger partial charge is 0.469 e. The lowest BCUT2D eigenvalue weighted by Gasteiger charge is -2.65. The zero-order valence-corrected chi connectivity index (χ0v) is 17.3. The van der Waals surface area contributed by atoms with Gasteiger partial charge in [-0.3, -0.25) is 4.79 Å². The highest BCUT2D eigenvalue weighted by Crippen LogP contribution is 2.69. The van der Waals surface area contributed by atoms with E-state index < -0.39 is 17.8 Å². The monoisotopic (exact) mass is 378 g/mol. The van der Waals surface area contributed by atoms with Gasteiger partial charge in [-0.1, -0.05) is 39.3 Å². The van der Waals surface area contributed by atoms with Crippen molar-refractivity contribution in [1.29, 1.82) is 0 Å². The highest BCUT2D eigenvalue weighted by atomic mass is 16.7. The van der Waals surface area contributed by atoms with Crippen molar-refractivity contribution < 1.29 is 24.1 Å². The van der Waals surface area contributed by atoms with Gasteiger partial charge in [0.2, 0.25) is 0 Å². The molecule has 0 aromatic rings. The Morgan fingerprint density at radius 1 is 1.11 bits per heavy atom. The Labute approximate surface area is 162 Å². The maximum absolute atomic E-state index is 12.2. The summed E-state index contributed by atoms with van der Waals surface area (Å²) in [6.45, 7) is 10.4. The van der Waals surface area contributed by atoms with Gasteiger partial charge in [-0.2, -0.15) is 0 Å². The van der Waals surface area contributed by atoms with Crippen molar-refractivity contribution in [2.75, 3.05) is 20.3 Å². The zero-order chi connectivity index (χ0) is 19.7. The molecule has 0 aromatic heterocycles. The summed E-state index contributed by atoms with van der Waals surface area (Å²) in [6.07, 6.45) is 5.82. The van der Waals surface area contributed by atoms with Crippen LogP contribution in [0.25, 0.3) is 0 Å². The van der Waals surface area contributed by atoms with Crippen molar-refractivity contribution in [3.63, 3.8) is 0 Å². The Bertz CT molecular complexity index is 662. The van der Waals surface area contributed by atoms with Gasteiger partial charge in [0, 0.05) is 17.3 Å². The average Bonchev–Trinajstić information content (AvgIpc) is 3.11. The van der Waals surface area contributed by atoms with E-state index in [0.717, 1.165) is 25.7 Å². The first-order valence-corrected chi connectivity index (χ1v) is 10.4. The minimum atomic E-state index is -0.694. The summed E-state index contributed by atoms with van der Waals surface area (Å²) in [5.41, 5.74) is 0.835. The van der Waals surface area contributed by atoms with E-state index in [1.54, 1.807) is 0 Å². The molecule has 0 amide bonds. The molecular weight excluding hydrogens is 344 g/mol. The van der Waals surface area contributed by atoms with E-state index in [1.807, 2.05) is 0 Å². The van der Waals surface area contributed by atoms with Crippen LogP contribution in [0.2, 0.25) is 0 Å². The Balaban J connectivity index is 1.73. The number of carbonyl (C=O) groups excluding carboxylic acids is 1. The number of fused-ring (bicyclic) bond motifs is 3. The zero-order valence-electron chi connectivity index (χ0n) is 17.3. The number of hydrogen-bond donors (Lipinski definition) is 1. The third kappa shape index (κ3) is 2.37. The summed E-state index contributed by atoms with van der Waals surface area (Å²) in [7, 11) is 1.40. The molecule has 4 rings (SSSR count). The highest BCUT2D eigenvalue weighted by molar-refractivity contribution is 5.74. The lowest BCUT2D eigenvalue weighted by atomic mass is 9.42. The molecule has 0 aromatic carbocycles. The maximum Gasteiger partial charge on any atom is 0.311 e. The van der Waals surface area contributed by atoms with E-state index in [0.29, 0.717) is 25.6 Å². The molecule has 1 aliphatic heterocycles. The summed E-state index contributed by atoms with van der Waals surface area (Å²) in [5, 5.41) is 11.2. The van der Waals surface area contributed by atoms with Gasteiger partial charge >= 0.3 is 5.97 Å². The van der Waals surface area contributed by atoms with Crippen LogP contribution in [0, 0.1) is 28.1 Å². The van der Waals surface area contributed by atoms with Crippen LogP contribution >= 0.6 is 0 Å². The van der Waals surface area contributed by atoms with E-state index in [-0.39, 0.29) is 22.2 Å². The molecule has 1 heterocycles. The molecule has 1 saturated heterocycles. The number of hydrogen-bond acceptors (Lipinski definition) is 5. The van der Waals surface area contributed by atoms with E-state index in [4.69, 9.17) is 14.2 Å². The molecule has 3 aliphatic carbocycles. The third-order valence-electron chi connectivity index (χ3n) is 8.65. The summed E-state index contributed by atoms with van der Waals surface area (Å²) in [4.78, 5) is 12.2. The summed E-state index contributed by atoms with van der Waals surface area (Å²) >= 11 is 0. The molecule has 27 heavy (non-hydrogen) atoms. The maximum atomic E-state index is 12.2. The Kier molecular flexibility index (Phi) is 4.34. The van der Waals surface area contributed by atoms with Crippen molar-refractivity contribution in [2.24, 2.45) is 28.1 Å². The number of carbonyl (C=O) groups is 1. The van der Waals surface area contributed by atoms with Crippen LogP contribution in [0.15, 0.2) is 11.6 Å². The first kappa shape index (κ1) is 19.4. The van der Waals surface area contributed by atoms with Crippen LogP contribution < -0.4 is 0 Å². The predicted molar refractivity (Wildman–Crippen MR) is 101 cm³/mol. The van der Waals surface area contributed by atoms with E-state index in [1.165, 1.54) is 12.7 Å². The van der Waals surface area contributed by atoms with E-state index in [9.17, 15) is 9.90 Å². The van der Waals surface area contributed by atoms with Crippen LogP contribution in [0.5, 0.6) is 0 Å². The van der Waals surface area contributed by atoms with Crippen molar-refractivity contribution in [1.82, 2.24) is 0 Å². The third-order valence-corrected chi connectivity index (χ3v) is 8.65. The molecule has 1 spiro atoms. The number of aliphatic hydroxyl groups excluding tert-OH is 1. The van der Waals surface area contributed by atoms with Crippen LogP contribution in [-0.4, -0.2) is 43.3 Å². The Morgan fingerprint density at radius 3 is 2.41 bits per heavy atom. The van der Waals surface area contributed by atoms with Gasteiger partial charge in [0.15, 0.2) is 5.79 Å². The fraction of sp³-hybridized carbons (Fsp3) is 0.864. The average molecular weight is 379 g/mol. The second-order valence-electron chi connectivity index (χ2n) is 10.0. The number of rotatable bonds is 1. The van der Waals surface area contributed by atoms with Crippen molar-refractivity contribution in [3.8, 4) is 0 Å². The van der Waals surface area contributed by atoms with Gasteiger partial charge in [-0.25, -0.2) is 0 Å². The second-order valence-corrected chi connectivity index (χ2v) is 10.0. The standard InChI is InChI=1S/C22H34O5/c1-19(2)15-8-9-21(4)16(7-6-14(17(21)23)18(24)25-5)20(15,3)10-11-22(19)26-12-13-27-22/h7,14-15,17,23H,6,8-13H2,1-5H3/t14-,15-,17-,20-,21+/m0/s1. The minimum Gasteiger partial charge on any atom is -0.469 e. The molecule has 152 valence electrons. The molecule has 0 radical (unpaired) electrons. The van der Waals surface area contributed by atoms with Gasteiger partial charge in [0.25, 0.3) is 0 Å². The van der Waals surface area contributed by atoms with Gasteiger partial charge in [0.1, 0.15) is 0 Å². The summed E-state index contributed by atoms with van der Waals surface area (Å²) < 4.78 is 17.3. The molecule has 5 nitrogen and oxygen atoms in total.